The standard InChI is InChI=1S/C19H15N3O5S/c23-22(24)14-5-3-7-16(13-14)28(25,26)21-18-9-2-1-8-17(18)20-19(21)11-10-15-6-4-12-27-15/h1-9,12-13H,10-11H2. The molecule has 4 rings (SSSR count). The molecule has 28 heavy (non-hydrogen) atoms. The van der Waals surface area contributed by atoms with E-state index in [0.29, 0.717) is 35.5 Å². The van der Waals surface area contributed by atoms with Gasteiger partial charge in [-0.05, 0) is 30.3 Å². The number of imidazole rings is 1. The van der Waals surface area contributed by atoms with Gasteiger partial charge in [-0.1, -0.05) is 18.2 Å². The molecule has 0 unspecified atom stereocenters. The van der Waals surface area contributed by atoms with Gasteiger partial charge in [-0.2, -0.15) is 0 Å². The van der Waals surface area contributed by atoms with E-state index in [1.807, 2.05) is 6.07 Å². The first-order valence-electron chi connectivity index (χ1n) is 8.45. The van der Waals surface area contributed by atoms with Gasteiger partial charge in [0.25, 0.3) is 15.7 Å². The van der Waals surface area contributed by atoms with Crippen LogP contribution < -0.4 is 0 Å². The number of nitrogens with zero attached hydrogens (tertiary/aromatic N) is 3. The van der Waals surface area contributed by atoms with Gasteiger partial charge in [-0.15, -0.1) is 0 Å². The number of hydrogen-bond donors (Lipinski definition) is 0. The van der Waals surface area contributed by atoms with Crippen LogP contribution in [0.25, 0.3) is 11.0 Å². The number of nitro benzene ring substituents is 1. The zero-order valence-corrected chi connectivity index (χ0v) is 15.4. The Kier molecular flexibility index (Phi) is 4.44. The van der Waals surface area contributed by atoms with E-state index in [1.54, 1.807) is 36.6 Å². The second-order valence-corrected chi connectivity index (χ2v) is 7.91. The van der Waals surface area contributed by atoms with Gasteiger partial charge in [0.15, 0.2) is 0 Å². The van der Waals surface area contributed by atoms with E-state index >= 15 is 0 Å². The molecule has 4 aromatic rings. The minimum absolute atomic E-state index is 0.163. The summed E-state index contributed by atoms with van der Waals surface area (Å²) in [5, 5.41) is 11.1. The van der Waals surface area contributed by atoms with Gasteiger partial charge in [0.1, 0.15) is 11.6 Å². The quantitative estimate of drug-likeness (QED) is 0.364. The van der Waals surface area contributed by atoms with E-state index in [0.717, 1.165) is 10.0 Å². The Morgan fingerprint density at radius 2 is 1.86 bits per heavy atom. The Bertz CT molecular complexity index is 1260. The molecule has 0 amide bonds. The SMILES string of the molecule is O=[N+]([O-])c1cccc(S(=O)(=O)n2c(CCc3ccco3)nc3ccccc32)c1. The number of hydrogen-bond acceptors (Lipinski definition) is 6. The summed E-state index contributed by atoms with van der Waals surface area (Å²) in [6, 6.07) is 15.5. The van der Waals surface area contributed by atoms with Crippen LogP contribution in [-0.2, 0) is 22.9 Å². The molecule has 0 aliphatic carbocycles. The fraction of sp³-hybridized carbons (Fsp3) is 0.105. The summed E-state index contributed by atoms with van der Waals surface area (Å²) in [5.74, 6) is 1.05. The van der Waals surface area contributed by atoms with Gasteiger partial charge in [-0.3, -0.25) is 10.1 Å². The fourth-order valence-electron chi connectivity index (χ4n) is 3.03. The maximum absolute atomic E-state index is 13.3. The van der Waals surface area contributed by atoms with Crippen molar-refractivity contribution < 1.29 is 17.8 Å². The second-order valence-electron chi connectivity index (χ2n) is 6.12. The molecule has 9 heteroatoms. The second kappa shape index (κ2) is 6.93. The van der Waals surface area contributed by atoms with Crippen molar-refractivity contribution in [3.63, 3.8) is 0 Å². The summed E-state index contributed by atoms with van der Waals surface area (Å²) >= 11 is 0. The molecule has 2 aromatic carbocycles. The van der Waals surface area contributed by atoms with E-state index in [9.17, 15) is 18.5 Å². The molecule has 0 aliphatic heterocycles. The molecule has 0 radical (unpaired) electrons. The van der Waals surface area contributed by atoms with Gasteiger partial charge in [-0.25, -0.2) is 17.4 Å². The van der Waals surface area contributed by atoms with Crippen LogP contribution in [0.3, 0.4) is 0 Å². The van der Waals surface area contributed by atoms with Gasteiger partial charge in [0.2, 0.25) is 0 Å². The van der Waals surface area contributed by atoms with Crippen LogP contribution in [0.4, 0.5) is 5.69 Å². The normalized spacial score (nSPS) is 11.7. The van der Waals surface area contributed by atoms with Crippen LogP contribution >= 0.6 is 0 Å². The highest BCUT2D eigenvalue weighted by Gasteiger charge is 2.25. The van der Waals surface area contributed by atoms with Gasteiger partial charge in [0, 0.05) is 25.0 Å². The highest BCUT2D eigenvalue weighted by molar-refractivity contribution is 7.90. The minimum atomic E-state index is -4.08. The summed E-state index contributed by atoms with van der Waals surface area (Å²) in [4.78, 5) is 14.7. The van der Waals surface area contributed by atoms with E-state index < -0.39 is 14.9 Å². The average molecular weight is 397 g/mol. The van der Waals surface area contributed by atoms with Crippen LogP contribution in [0, 0.1) is 10.1 Å². The summed E-state index contributed by atoms with van der Waals surface area (Å²) in [6.45, 7) is 0. The van der Waals surface area contributed by atoms with Gasteiger partial charge >= 0.3 is 0 Å². The zero-order valence-electron chi connectivity index (χ0n) is 14.6. The highest BCUT2D eigenvalue weighted by atomic mass is 32.2. The smallest absolute Gasteiger partial charge is 0.270 e. The first-order chi connectivity index (χ1) is 13.5. The lowest BCUT2D eigenvalue weighted by atomic mass is 10.2. The van der Waals surface area contributed by atoms with Crippen LogP contribution in [0.2, 0.25) is 0 Å². The molecule has 8 nitrogen and oxygen atoms in total. The van der Waals surface area contributed by atoms with E-state index in [-0.39, 0.29) is 10.6 Å². The number of rotatable bonds is 6. The molecule has 142 valence electrons. The Balaban J connectivity index is 1.85. The Morgan fingerprint density at radius 3 is 2.61 bits per heavy atom. The van der Waals surface area contributed by atoms with E-state index in [4.69, 9.17) is 4.42 Å². The molecule has 0 aliphatic rings. The van der Waals surface area contributed by atoms with Crippen LogP contribution in [0.1, 0.15) is 11.6 Å². The molecule has 2 aromatic heterocycles. The van der Waals surface area contributed by atoms with Crippen molar-refractivity contribution in [2.24, 2.45) is 0 Å². The van der Waals surface area contributed by atoms with Gasteiger partial charge in [0.05, 0.1) is 27.1 Å². The van der Waals surface area contributed by atoms with Crippen LogP contribution in [-0.4, -0.2) is 22.3 Å². The van der Waals surface area contributed by atoms with Crippen molar-refractivity contribution in [2.75, 3.05) is 0 Å². The number of non-ortho nitro benzene ring substituents is 1. The number of aromatic nitrogens is 2. The summed E-state index contributed by atoms with van der Waals surface area (Å²) in [6.07, 6.45) is 2.36. The average Bonchev–Trinajstić information content (AvgIpc) is 3.33. The lowest BCUT2D eigenvalue weighted by Crippen LogP contribution is -2.17. The third-order valence-electron chi connectivity index (χ3n) is 4.33. The molecule has 2 heterocycles. The molecular formula is C19H15N3O5S. The number of nitro groups is 1. The molecule has 0 atom stereocenters. The molecule has 0 bridgehead atoms. The predicted molar refractivity (Wildman–Crippen MR) is 102 cm³/mol. The number of para-hydroxylation sites is 2. The first-order valence-corrected chi connectivity index (χ1v) is 9.89. The number of benzene rings is 2. The lowest BCUT2D eigenvalue weighted by Gasteiger charge is -2.10. The Hall–Kier alpha value is -3.46. The van der Waals surface area contributed by atoms with Crippen molar-refractivity contribution in [1.82, 2.24) is 8.96 Å². The van der Waals surface area contributed by atoms with Gasteiger partial charge < -0.3 is 4.42 Å². The molecule has 0 saturated carbocycles. The summed E-state index contributed by atoms with van der Waals surface area (Å²) in [5.41, 5.74) is 0.664. The number of aryl methyl sites for hydroxylation is 2. The number of fused-ring (bicyclic) bond motifs is 1. The van der Waals surface area contributed by atoms with Crippen molar-refractivity contribution in [2.45, 2.75) is 17.7 Å². The van der Waals surface area contributed by atoms with E-state index in [1.165, 1.54) is 18.2 Å². The molecule has 0 N–H and O–H groups in total. The summed E-state index contributed by atoms with van der Waals surface area (Å²) in [7, 11) is -4.08. The Morgan fingerprint density at radius 1 is 1.04 bits per heavy atom. The van der Waals surface area contributed by atoms with Crippen molar-refractivity contribution in [3.8, 4) is 0 Å². The van der Waals surface area contributed by atoms with Crippen LogP contribution in [0.15, 0.2) is 76.2 Å². The third-order valence-corrected chi connectivity index (χ3v) is 6.06. The largest absolute Gasteiger partial charge is 0.469 e. The van der Waals surface area contributed by atoms with Crippen molar-refractivity contribution in [1.29, 1.82) is 0 Å². The maximum atomic E-state index is 13.3. The third kappa shape index (κ3) is 3.16. The number of furan rings is 1. The molecular weight excluding hydrogens is 382 g/mol. The van der Waals surface area contributed by atoms with Crippen molar-refractivity contribution >= 4 is 26.7 Å². The predicted octanol–water partition coefficient (Wildman–Crippen LogP) is 3.56. The summed E-state index contributed by atoms with van der Waals surface area (Å²) < 4.78 is 33.2. The van der Waals surface area contributed by atoms with Crippen LogP contribution in [0.5, 0.6) is 0 Å². The minimum Gasteiger partial charge on any atom is -0.469 e. The topological polar surface area (TPSA) is 108 Å². The molecule has 0 spiro atoms. The monoisotopic (exact) mass is 397 g/mol. The lowest BCUT2D eigenvalue weighted by molar-refractivity contribution is -0.385. The van der Waals surface area contributed by atoms with E-state index in [2.05, 4.69) is 4.98 Å². The van der Waals surface area contributed by atoms with Crippen molar-refractivity contribution in [3.05, 3.63) is 88.6 Å². The zero-order chi connectivity index (χ0) is 19.7. The fourth-order valence-corrected chi connectivity index (χ4v) is 4.59. The first kappa shape index (κ1) is 17.9. The molecule has 0 saturated heterocycles. The molecule has 0 fully saturated rings. The maximum Gasteiger partial charge on any atom is 0.270 e. The highest BCUT2D eigenvalue weighted by Crippen LogP contribution is 2.26. The Labute approximate surface area is 160 Å².